The van der Waals surface area contributed by atoms with E-state index in [1.54, 1.807) is 17.5 Å². The largest absolute Gasteiger partial charge is 0.465 e. The van der Waals surface area contributed by atoms with E-state index >= 15 is 0 Å². The first-order chi connectivity index (χ1) is 11.5. The van der Waals surface area contributed by atoms with Crippen LogP contribution in [0, 0.1) is 0 Å². The summed E-state index contributed by atoms with van der Waals surface area (Å²) in [6.45, 7) is 4.94. The molecular weight excluding hydrogens is 322 g/mol. The van der Waals surface area contributed by atoms with Gasteiger partial charge in [-0.15, -0.1) is 0 Å². The first-order valence-electron chi connectivity index (χ1n) is 7.72. The Morgan fingerprint density at radius 1 is 1.29 bits per heavy atom. The number of carbonyl (C=O) groups excluding carboxylic acids is 1. The molecule has 0 bridgehead atoms. The SMILES string of the molecule is COC(=O)c1cccc2c1CN(c1nc3ncccc3s1)C2(C)C. The number of hydrogen-bond acceptors (Lipinski definition) is 6. The fourth-order valence-corrected chi connectivity index (χ4v) is 4.38. The number of pyridine rings is 1. The number of benzene rings is 1. The second-order valence-corrected chi connectivity index (χ2v) is 7.30. The average Bonchev–Trinajstić information content (AvgIpc) is 3.12. The van der Waals surface area contributed by atoms with Gasteiger partial charge < -0.3 is 9.64 Å². The van der Waals surface area contributed by atoms with E-state index in [0.29, 0.717) is 12.1 Å². The summed E-state index contributed by atoms with van der Waals surface area (Å²) < 4.78 is 6.00. The minimum Gasteiger partial charge on any atom is -0.465 e. The summed E-state index contributed by atoms with van der Waals surface area (Å²) in [5.41, 5.74) is 3.29. The van der Waals surface area contributed by atoms with Crippen molar-refractivity contribution >= 4 is 32.8 Å². The van der Waals surface area contributed by atoms with Gasteiger partial charge in [0.1, 0.15) is 0 Å². The van der Waals surface area contributed by atoms with Crippen LogP contribution in [-0.4, -0.2) is 23.0 Å². The Morgan fingerprint density at radius 3 is 2.88 bits per heavy atom. The zero-order chi connectivity index (χ0) is 16.9. The molecule has 0 saturated carbocycles. The summed E-state index contributed by atoms with van der Waals surface area (Å²) in [5, 5.41) is 0.917. The van der Waals surface area contributed by atoms with Crippen LogP contribution in [0.5, 0.6) is 0 Å². The number of esters is 1. The number of thiazole rings is 1. The average molecular weight is 339 g/mol. The van der Waals surface area contributed by atoms with Crippen LogP contribution in [-0.2, 0) is 16.8 Å². The van der Waals surface area contributed by atoms with Gasteiger partial charge >= 0.3 is 5.97 Å². The van der Waals surface area contributed by atoms with E-state index < -0.39 is 0 Å². The number of anilines is 1. The van der Waals surface area contributed by atoms with Gasteiger partial charge in [-0.1, -0.05) is 23.5 Å². The van der Waals surface area contributed by atoms with Crippen molar-refractivity contribution in [3.8, 4) is 0 Å². The Balaban J connectivity index is 1.83. The lowest BCUT2D eigenvalue weighted by atomic mass is 9.92. The van der Waals surface area contributed by atoms with Crippen LogP contribution in [0.4, 0.5) is 5.13 Å². The zero-order valence-corrected chi connectivity index (χ0v) is 14.6. The summed E-state index contributed by atoms with van der Waals surface area (Å²) in [6.07, 6.45) is 1.76. The topological polar surface area (TPSA) is 55.3 Å². The minimum absolute atomic E-state index is 0.257. The van der Waals surface area contributed by atoms with Crippen LogP contribution in [0.2, 0.25) is 0 Å². The molecular formula is C18H17N3O2S. The Hall–Kier alpha value is -2.47. The molecule has 0 amide bonds. The van der Waals surface area contributed by atoms with E-state index in [-0.39, 0.29) is 11.5 Å². The zero-order valence-electron chi connectivity index (χ0n) is 13.7. The molecule has 2 aromatic heterocycles. The third kappa shape index (κ3) is 2.10. The van der Waals surface area contributed by atoms with Gasteiger partial charge in [-0.05, 0) is 43.2 Å². The fraction of sp³-hybridized carbons (Fsp3) is 0.278. The van der Waals surface area contributed by atoms with Gasteiger partial charge in [0.15, 0.2) is 10.8 Å². The molecule has 0 saturated heterocycles. The van der Waals surface area contributed by atoms with Crippen molar-refractivity contribution in [1.29, 1.82) is 0 Å². The molecule has 3 heterocycles. The molecule has 5 nitrogen and oxygen atoms in total. The summed E-state index contributed by atoms with van der Waals surface area (Å²) in [7, 11) is 1.42. The van der Waals surface area contributed by atoms with Crippen molar-refractivity contribution in [2.45, 2.75) is 25.9 Å². The van der Waals surface area contributed by atoms with Crippen molar-refractivity contribution in [3.63, 3.8) is 0 Å². The molecule has 0 atom stereocenters. The Morgan fingerprint density at radius 2 is 2.12 bits per heavy atom. The van der Waals surface area contributed by atoms with Crippen LogP contribution in [0.25, 0.3) is 10.3 Å². The fourth-order valence-electron chi connectivity index (χ4n) is 3.31. The lowest BCUT2D eigenvalue weighted by Gasteiger charge is -2.32. The van der Waals surface area contributed by atoms with Crippen molar-refractivity contribution in [2.75, 3.05) is 12.0 Å². The molecule has 24 heavy (non-hydrogen) atoms. The molecule has 0 radical (unpaired) electrons. The number of rotatable bonds is 2. The number of aromatic nitrogens is 2. The number of methoxy groups -OCH3 is 1. The molecule has 3 aromatic rings. The number of carbonyl (C=O) groups is 1. The van der Waals surface area contributed by atoms with Crippen molar-refractivity contribution in [3.05, 3.63) is 53.2 Å². The molecule has 6 heteroatoms. The highest BCUT2D eigenvalue weighted by atomic mass is 32.1. The summed E-state index contributed by atoms with van der Waals surface area (Å²) in [6, 6.07) is 9.76. The van der Waals surface area contributed by atoms with Gasteiger partial charge in [0.05, 0.1) is 22.9 Å². The van der Waals surface area contributed by atoms with Crippen molar-refractivity contribution in [2.24, 2.45) is 0 Å². The third-order valence-electron chi connectivity index (χ3n) is 4.62. The maximum atomic E-state index is 12.1. The normalized spacial score (nSPS) is 15.5. The van der Waals surface area contributed by atoms with Crippen LogP contribution >= 0.6 is 11.3 Å². The quantitative estimate of drug-likeness (QED) is 0.666. The monoisotopic (exact) mass is 339 g/mol. The smallest absolute Gasteiger partial charge is 0.338 e. The molecule has 122 valence electrons. The van der Waals surface area contributed by atoms with Crippen LogP contribution in [0.15, 0.2) is 36.5 Å². The van der Waals surface area contributed by atoms with E-state index in [9.17, 15) is 4.79 Å². The van der Waals surface area contributed by atoms with Crippen molar-refractivity contribution < 1.29 is 9.53 Å². The highest BCUT2D eigenvalue weighted by Crippen LogP contribution is 2.45. The molecule has 0 spiro atoms. The number of nitrogens with zero attached hydrogens (tertiary/aromatic N) is 3. The minimum atomic E-state index is -0.296. The highest BCUT2D eigenvalue weighted by Gasteiger charge is 2.40. The number of hydrogen-bond donors (Lipinski definition) is 0. The summed E-state index contributed by atoms with van der Waals surface area (Å²) in [5.74, 6) is -0.296. The van der Waals surface area contributed by atoms with Gasteiger partial charge in [0.25, 0.3) is 0 Å². The van der Waals surface area contributed by atoms with Crippen LogP contribution in [0.1, 0.15) is 35.3 Å². The molecule has 4 rings (SSSR count). The van der Waals surface area contributed by atoms with Crippen LogP contribution in [0.3, 0.4) is 0 Å². The van der Waals surface area contributed by atoms with Gasteiger partial charge in [-0.2, -0.15) is 4.98 Å². The molecule has 0 aliphatic carbocycles. The summed E-state index contributed by atoms with van der Waals surface area (Å²) in [4.78, 5) is 23.4. The van der Waals surface area contributed by atoms with E-state index in [1.165, 1.54) is 7.11 Å². The maximum Gasteiger partial charge on any atom is 0.338 e. The molecule has 0 fully saturated rings. The number of fused-ring (bicyclic) bond motifs is 2. The second-order valence-electron chi connectivity index (χ2n) is 6.29. The summed E-state index contributed by atoms with van der Waals surface area (Å²) >= 11 is 1.62. The van der Waals surface area contributed by atoms with Crippen LogP contribution < -0.4 is 4.90 Å². The Kier molecular flexibility index (Phi) is 3.31. The second kappa shape index (κ2) is 5.27. The van der Waals surface area contributed by atoms with Gasteiger partial charge in [0, 0.05) is 12.7 Å². The highest BCUT2D eigenvalue weighted by molar-refractivity contribution is 7.22. The Bertz CT molecular complexity index is 915. The first-order valence-corrected chi connectivity index (χ1v) is 8.54. The van der Waals surface area contributed by atoms with E-state index in [1.807, 2.05) is 24.3 Å². The molecule has 1 aliphatic heterocycles. The predicted molar refractivity (Wildman–Crippen MR) is 94.4 cm³/mol. The van der Waals surface area contributed by atoms with E-state index in [4.69, 9.17) is 4.74 Å². The van der Waals surface area contributed by atoms with E-state index in [2.05, 4.69) is 34.8 Å². The Labute approximate surface area is 143 Å². The first kappa shape index (κ1) is 15.1. The molecule has 1 aromatic carbocycles. The lowest BCUT2D eigenvalue weighted by Crippen LogP contribution is -2.35. The lowest BCUT2D eigenvalue weighted by molar-refractivity contribution is 0.0599. The standard InChI is InChI=1S/C18H17N3O2S/c1-18(2)13-7-4-6-11(16(22)23-3)12(13)10-21(18)17-20-15-14(24-17)8-5-9-19-15/h4-9H,10H2,1-3H3. The third-order valence-corrected chi connectivity index (χ3v) is 5.65. The van der Waals surface area contributed by atoms with E-state index in [0.717, 1.165) is 26.6 Å². The maximum absolute atomic E-state index is 12.1. The molecule has 0 unspecified atom stereocenters. The number of ether oxygens (including phenoxy) is 1. The van der Waals surface area contributed by atoms with Crippen molar-refractivity contribution in [1.82, 2.24) is 9.97 Å². The predicted octanol–water partition coefficient (Wildman–Crippen LogP) is 3.73. The van der Waals surface area contributed by atoms with Gasteiger partial charge in [-0.3, -0.25) is 0 Å². The van der Waals surface area contributed by atoms with Gasteiger partial charge in [-0.25, -0.2) is 9.78 Å². The molecule has 0 N–H and O–H groups in total. The molecule has 1 aliphatic rings. The van der Waals surface area contributed by atoms with Gasteiger partial charge in [0.2, 0.25) is 0 Å².